The molecule has 4 heteroatoms. The number of nitriles is 1. The molecule has 1 saturated heterocycles. The Kier molecular flexibility index (Phi) is 5.32. The first-order valence-corrected chi connectivity index (χ1v) is 9.32. The summed E-state index contributed by atoms with van der Waals surface area (Å²) in [5.41, 5.74) is 2.29. The Balaban J connectivity index is 1.80. The second-order valence-electron chi connectivity index (χ2n) is 6.48. The molecule has 2 heterocycles. The van der Waals surface area contributed by atoms with Gasteiger partial charge >= 0.3 is 0 Å². The van der Waals surface area contributed by atoms with Crippen LogP contribution >= 0.6 is 11.3 Å². The third kappa shape index (κ3) is 3.85. The first-order chi connectivity index (χ1) is 11.7. The number of thiophene rings is 1. The largest absolute Gasteiger partial charge is 0.342 e. The predicted molar refractivity (Wildman–Crippen MR) is 96.9 cm³/mol. The molecule has 0 radical (unpaired) electrons. The maximum atomic E-state index is 13.2. The van der Waals surface area contributed by atoms with Gasteiger partial charge < -0.3 is 4.90 Å². The third-order valence-electron chi connectivity index (χ3n) is 4.75. The van der Waals surface area contributed by atoms with E-state index in [1.54, 1.807) is 11.3 Å². The van der Waals surface area contributed by atoms with Gasteiger partial charge in [-0.25, -0.2) is 0 Å². The number of hydrogen-bond donors (Lipinski definition) is 0. The highest BCUT2D eigenvalue weighted by molar-refractivity contribution is 7.09. The highest BCUT2D eigenvalue weighted by Crippen LogP contribution is 2.28. The second kappa shape index (κ2) is 7.63. The Hall–Kier alpha value is -2.12. The van der Waals surface area contributed by atoms with Crippen LogP contribution in [0.15, 0.2) is 41.8 Å². The quantitative estimate of drug-likeness (QED) is 0.841. The maximum absolute atomic E-state index is 13.2. The number of benzene rings is 1. The molecule has 2 aromatic rings. The number of rotatable bonds is 4. The van der Waals surface area contributed by atoms with Crippen LogP contribution < -0.4 is 0 Å². The molecule has 0 spiro atoms. The Bertz CT molecular complexity index is 707. The molecule has 1 aliphatic rings. The van der Waals surface area contributed by atoms with E-state index >= 15 is 0 Å². The minimum atomic E-state index is -0.136. The number of amides is 1. The van der Waals surface area contributed by atoms with Crippen molar-refractivity contribution in [3.8, 4) is 6.07 Å². The van der Waals surface area contributed by atoms with E-state index in [9.17, 15) is 4.79 Å². The van der Waals surface area contributed by atoms with Crippen molar-refractivity contribution >= 4 is 17.2 Å². The molecular weight excluding hydrogens is 316 g/mol. The molecule has 1 atom stereocenters. The van der Waals surface area contributed by atoms with Crippen molar-refractivity contribution in [2.24, 2.45) is 5.92 Å². The fourth-order valence-electron chi connectivity index (χ4n) is 3.23. The molecule has 1 fully saturated rings. The van der Waals surface area contributed by atoms with E-state index in [1.807, 2.05) is 11.0 Å². The van der Waals surface area contributed by atoms with Crippen molar-refractivity contribution in [3.63, 3.8) is 0 Å². The monoisotopic (exact) mass is 338 g/mol. The second-order valence-corrected chi connectivity index (χ2v) is 7.51. The van der Waals surface area contributed by atoms with Gasteiger partial charge in [0.15, 0.2) is 0 Å². The summed E-state index contributed by atoms with van der Waals surface area (Å²) >= 11 is 1.70. The van der Waals surface area contributed by atoms with E-state index in [2.05, 4.69) is 48.7 Å². The van der Waals surface area contributed by atoms with Gasteiger partial charge in [-0.2, -0.15) is 5.26 Å². The highest BCUT2D eigenvalue weighted by atomic mass is 32.1. The van der Waals surface area contributed by atoms with E-state index in [1.165, 1.54) is 10.4 Å². The van der Waals surface area contributed by atoms with E-state index in [0.29, 0.717) is 13.1 Å². The molecule has 1 aromatic heterocycles. The summed E-state index contributed by atoms with van der Waals surface area (Å²) in [6.07, 6.45) is 2.33. The van der Waals surface area contributed by atoms with Crippen LogP contribution in [0.3, 0.4) is 0 Å². The first kappa shape index (κ1) is 16.7. The summed E-state index contributed by atoms with van der Waals surface area (Å²) in [5, 5.41) is 11.1. The van der Waals surface area contributed by atoms with E-state index in [-0.39, 0.29) is 17.7 Å². The SMILES string of the molecule is Cc1ccc(C(Cc2cccs2)C(=O)N2CCC(C#N)CC2)cc1. The summed E-state index contributed by atoms with van der Waals surface area (Å²) in [6.45, 7) is 3.46. The molecule has 1 aliphatic heterocycles. The lowest BCUT2D eigenvalue weighted by atomic mass is 9.91. The number of likely N-dealkylation sites (tertiary alicyclic amines) is 1. The number of carbonyl (C=O) groups excluding carboxylic acids is 1. The standard InChI is InChI=1S/C20H22N2OS/c1-15-4-6-17(7-5-15)19(13-18-3-2-12-24-18)20(23)22-10-8-16(14-21)9-11-22/h2-7,12,16,19H,8-11,13H2,1H3. The van der Waals surface area contributed by atoms with Crippen molar-refractivity contribution in [1.82, 2.24) is 4.90 Å². The Morgan fingerprint density at radius 1 is 1.29 bits per heavy atom. The van der Waals surface area contributed by atoms with Crippen LogP contribution in [0.2, 0.25) is 0 Å². The summed E-state index contributed by atoms with van der Waals surface area (Å²) in [4.78, 5) is 16.3. The first-order valence-electron chi connectivity index (χ1n) is 8.44. The summed E-state index contributed by atoms with van der Waals surface area (Å²) in [5.74, 6) is 0.163. The number of aryl methyl sites for hydroxylation is 1. The molecule has 0 N–H and O–H groups in total. The van der Waals surface area contributed by atoms with Gasteiger partial charge in [0.25, 0.3) is 0 Å². The molecule has 124 valence electrons. The van der Waals surface area contributed by atoms with Crippen LogP contribution in [-0.4, -0.2) is 23.9 Å². The Morgan fingerprint density at radius 2 is 2.00 bits per heavy atom. The molecule has 3 nitrogen and oxygen atoms in total. The summed E-state index contributed by atoms with van der Waals surface area (Å²) in [7, 11) is 0. The fourth-order valence-corrected chi connectivity index (χ4v) is 3.98. The molecule has 0 saturated carbocycles. The fraction of sp³-hybridized carbons (Fsp3) is 0.400. The van der Waals surface area contributed by atoms with Crippen LogP contribution in [0.4, 0.5) is 0 Å². The Morgan fingerprint density at radius 3 is 2.58 bits per heavy atom. The third-order valence-corrected chi connectivity index (χ3v) is 5.65. The lowest BCUT2D eigenvalue weighted by Crippen LogP contribution is -2.41. The maximum Gasteiger partial charge on any atom is 0.230 e. The average Bonchev–Trinajstić information content (AvgIpc) is 3.13. The van der Waals surface area contributed by atoms with Gasteiger partial charge in [-0.3, -0.25) is 4.79 Å². The molecule has 1 amide bonds. The van der Waals surface area contributed by atoms with Crippen molar-refractivity contribution in [1.29, 1.82) is 5.26 Å². The molecule has 1 aromatic carbocycles. The normalized spacial score (nSPS) is 16.6. The minimum absolute atomic E-state index is 0.101. The summed E-state index contributed by atoms with van der Waals surface area (Å²) < 4.78 is 0. The van der Waals surface area contributed by atoms with Gasteiger partial charge in [-0.1, -0.05) is 35.9 Å². The molecule has 24 heavy (non-hydrogen) atoms. The van der Waals surface area contributed by atoms with Gasteiger partial charge in [0.1, 0.15) is 0 Å². The zero-order valence-electron chi connectivity index (χ0n) is 13.9. The minimum Gasteiger partial charge on any atom is -0.342 e. The molecule has 3 rings (SSSR count). The Labute approximate surface area is 147 Å². The van der Waals surface area contributed by atoms with Crippen LogP contribution in [-0.2, 0) is 11.2 Å². The smallest absolute Gasteiger partial charge is 0.230 e. The lowest BCUT2D eigenvalue weighted by Gasteiger charge is -2.32. The molecule has 0 bridgehead atoms. The van der Waals surface area contributed by atoms with Crippen LogP contribution in [0.1, 0.15) is 34.8 Å². The zero-order chi connectivity index (χ0) is 16.9. The zero-order valence-corrected chi connectivity index (χ0v) is 14.8. The summed E-state index contributed by atoms with van der Waals surface area (Å²) in [6, 6.07) is 14.8. The topological polar surface area (TPSA) is 44.1 Å². The van der Waals surface area contributed by atoms with Crippen molar-refractivity contribution in [2.75, 3.05) is 13.1 Å². The number of carbonyl (C=O) groups is 1. The van der Waals surface area contributed by atoms with Gasteiger partial charge in [0.05, 0.1) is 12.0 Å². The molecule has 0 aliphatic carbocycles. The van der Waals surface area contributed by atoms with Crippen molar-refractivity contribution in [3.05, 3.63) is 57.8 Å². The van der Waals surface area contributed by atoms with Gasteiger partial charge in [0, 0.05) is 23.9 Å². The molecular formula is C20H22N2OS. The van der Waals surface area contributed by atoms with Crippen molar-refractivity contribution < 1.29 is 4.79 Å². The predicted octanol–water partition coefficient (Wildman–Crippen LogP) is 4.15. The highest BCUT2D eigenvalue weighted by Gasteiger charge is 2.29. The van der Waals surface area contributed by atoms with Crippen LogP contribution in [0.25, 0.3) is 0 Å². The molecule has 1 unspecified atom stereocenters. The number of nitrogens with zero attached hydrogens (tertiary/aromatic N) is 2. The van der Waals surface area contributed by atoms with Crippen molar-refractivity contribution in [2.45, 2.75) is 32.1 Å². The van der Waals surface area contributed by atoms with Gasteiger partial charge in [-0.05, 0) is 43.2 Å². The van der Waals surface area contributed by atoms with Gasteiger partial charge in [-0.15, -0.1) is 11.3 Å². The van der Waals surface area contributed by atoms with Gasteiger partial charge in [0.2, 0.25) is 5.91 Å². The van der Waals surface area contributed by atoms with Crippen LogP contribution in [0, 0.1) is 24.2 Å². The van der Waals surface area contributed by atoms with E-state index in [4.69, 9.17) is 5.26 Å². The lowest BCUT2D eigenvalue weighted by molar-refractivity contribution is -0.134. The average molecular weight is 338 g/mol. The van der Waals surface area contributed by atoms with E-state index < -0.39 is 0 Å². The number of hydrogen-bond acceptors (Lipinski definition) is 3. The number of piperidine rings is 1. The van der Waals surface area contributed by atoms with E-state index in [0.717, 1.165) is 24.8 Å². The van der Waals surface area contributed by atoms with Crippen LogP contribution in [0.5, 0.6) is 0 Å².